The largest absolute Gasteiger partial charge is 0.354 e. The van der Waals surface area contributed by atoms with E-state index in [1.807, 2.05) is 6.92 Å². The van der Waals surface area contributed by atoms with E-state index in [0.29, 0.717) is 11.9 Å². The van der Waals surface area contributed by atoms with Gasteiger partial charge in [0.25, 0.3) is 0 Å². The molecule has 0 bridgehead atoms. The van der Waals surface area contributed by atoms with E-state index < -0.39 is 0 Å². The number of halogens is 1. The van der Waals surface area contributed by atoms with Gasteiger partial charge in [-0.1, -0.05) is 20.8 Å². The first-order valence-corrected chi connectivity index (χ1v) is 6.18. The van der Waals surface area contributed by atoms with E-state index in [1.54, 1.807) is 0 Å². The average Bonchev–Trinajstić information content (AvgIpc) is 2.15. The minimum atomic E-state index is 0.203. The van der Waals surface area contributed by atoms with Crippen LogP contribution in [0.3, 0.4) is 0 Å². The van der Waals surface area contributed by atoms with E-state index >= 15 is 0 Å². The monoisotopic (exact) mass is 257 g/mol. The molecule has 5 nitrogen and oxygen atoms in total. The summed E-state index contributed by atoms with van der Waals surface area (Å²) >= 11 is 5.81. The Hall–Kier alpha value is -1.10. The predicted molar refractivity (Wildman–Crippen MR) is 71.6 cm³/mol. The molecule has 0 aliphatic carbocycles. The van der Waals surface area contributed by atoms with Crippen LogP contribution in [0.1, 0.15) is 34.1 Å². The molecule has 0 spiro atoms. The van der Waals surface area contributed by atoms with Gasteiger partial charge in [0.05, 0.1) is 0 Å². The number of anilines is 2. The minimum absolute atomic E-state index is 0.203. The third-order valence-electron chi connectivity index (χ3n) is 2.10. The standard InChI is InChI=1S/C11H20ClN5/c1-5-13-9-15-8(12)16-10(17-9)14-7-6-11(2,3)4/h5-7H2,1-4H3,(H2,13,14,15,16,17). The van der Waals surface area contributed by atoms with Crippen LogP contribution < -0.4 is 10.6 Å². The molecular weight excluding hydrogens is 238 g/mol. The Morgan fingerprint density at radius 2 is 1.65 bits per heavy atom. The van der Waals surface area contributed by atoms with Crippen LogP contribution in [0, 0.1) is 5.41 Å². The van der Waals surface area contributed by atoms with Crippen molar-refractivity contribution in [2.75, 3.05) is 23.7 Å². The molecule has 0 fully saturated rings. The summed E-state index contributed by atoms with van der Waals surface area (Å²) < 4.78 is 0. The molecule has 0 saturated carbocycles. The molecule has 2 N–H and O–H groups in total. The van der Waals surface area contributed by atoms with Crippen molar-refractivity contribution in [3.8, 4) is 0 Å². The van der Waals surface area contributed by atoms with Gasteiger partial charge in [-0.25, -0.2) is 0 Å². The number of hydrogen-bond donors (Lipinski definition) is 2. The molecule has 0 atom stereocenters. The highest BCUT2D eigenvalue weighted by Crippen LogP contribution is 2.18. The second-order valence-corrected chi connectivity index (χ2v) is 5.36. The lowest BCUT2D eigenvalue weighted by molar-refractivity contribution is 0.389. The minimum Gasteiger partial charge on any atom is -0.354 e. The molecule has 0 saturated heterocycles. The van der Waals surface area contributed by atoms with Crippen molar-refractivity contribution in [2.24, 2.45) is 5.41 Å². The van der Waals surface area contributed by atoms with E-state index in [1.165, 1.54) is 0 Å². The third-order valence-corrected chi connectivity index (χ3v) is 2.27. The molecule has 0 aliphatic heterocycles. The lowest BCUT2D eigenvalue weighted by Gasteiger charge is -2.18. The van der Waals surface area contributed by atoms with Crippen LogP contribution in [0.15, 0.2) is 0 Å². The number of rotatable bonds is 5. The lowest BCUT2D eigenvalue weighted by Crippen LogP contribution is -2.15. The van der Waals surface area contributed by atoms with Gasteiger partial charge >= 0.3 is 0 Å². The van der Waals surface area contributed by atoms with Crippen LogP contribution in [0.25, 0.3) is 0 Å². The predicted octanol–water partition coefficient (Wildman–Crippen LogP) is 2.80. The molecular formula is C11H20ClN5. The van der Waals surface area contributed by atoms with E-state index in [-0.39, 0.29) is 10.7 Å². The highest BCUT2D eigenvalue weighted by molar-refractivity contribution is 6.28. The van der Waals surface area contributed by atoms with Crippen LogP contribution in [-0.4, -0.2) is 28.0 Å². The lowest BCUT2D eigenvalue weighted by atomic mass is 9.92. The third kappa shape index (κ3) is 5.68. The van der Waals surface area contributed by atoms with Crippen molar-refractivity contribution < 1.29 is 0 Å². The molecule has 17 heavy (non-hydrogen) atoms. The summed E-state index contributed by atoms with van der Waals surface area (Å²) in [7, 11) is 0. The Morgan fingerprint density at radius 1 is 1.06 bits per heavy atom. The zero-order chi connectivity index (χ0) is 12.9. The van der Waals surface area contributed by atoms with Crippen LogP contribution >= 0.6 is 11.6 Å². The fourth-order valence-electron chi connectivity index (χ4n) is 1.22. The van der Waals surface area contributed by atoms with Gasteiger partial charge < -0.3 is 10.6 Å². The van der Waals surface area contributed by atoms with Crippen molar-refractivity contribution in [3.63, 3.8) is 0 Å². The molecule has 1 rings (SSSR count). The van der Waals surface area contributed by atoms with Crippen LogP contribution in [0.4, 0.5) is 11.9 Å². The molecule has 1 heterocycles. The van der Waals surface area contributed by atoms with Gasteiger partial charge in [-0.05, 0) is 30.4 Å². The van der Waals surface area contributed by atoms with Crippen molar-refractivity contribution in [2.45, 2.75) is 34.1 Å². The Bertz CT molecular complexity index is 361. The summed E-state index contributed by atoms with van der Waals surface area (Å²) in [6, 6.07) is 0. The van der Waals surface area contributed by atoms with Crippen molar-refractivity contribution >= 4 is 23.5 Å². The summed E-state index contributed by atoms with van der Waals surface area (Å²) in [5, 5.41) is 6.37. The Morgan fingerprint density at radius 3 is 2.18 bits per heavy atom. The number of aromatic nitrogens is 3. The molecule has 0 amide bonds. The molecule has 0 aliphatic rings. The Kier molecular flexibility index (Phi) is 4.93. The molecule has 0 radical (unpaired) electrons. The maximum absolute atomic E-state index is 5.81. The van der Waals surface area contributed by atoms with Gasteiger partial charge in [0.1, 0.15) is 0 Å². The second-order valence-electron chi connectivity index (χ2n) is 5.02. The van der Waals surface area contributed by atoms with Crippen LogP contribution in [-0.2, 0) is 0 Å². The van der Waals surface area contributed by atoms with E-state index in [0.717, 1.165) is 19.5 Å². The smallest absolute Gasteiger partial charge is 0.228 e. The van der Waals surface area contributed by atoms with E-state index in [2.05, 4.69) is 46.4 Å². The summed E-state index contributed by atoms with van der Waals surface area (Å²) in [5.41, 5.74) is 0.286. The summed E-state index contributed by atoms with van der Waals surface area (Å²) in [6.07, 6.45) is 1.03. The van der Waals surface area contributed by atoms with E-state index in [9.17, 15) is 0 Å². The fraction of sp³-hybridized carbons (Fsp3) is 0.727. The molecule has 1 aromatic heterocycles. The van der Waals surface area contributed by atoms with Gasteiger partial charge in [0.2, 0.25) is 17.2 Å². The molecule has 6 heteroatoms. The van der Waals surface area contributed by atoms with Gasteiger partial charge in [-0.15, -0.1) is 0 Å². The quantitative estimate of drug-likeness (QED) is 0.849. The fourth-order valence-corrected chi connectivity index (χ4v) is 1.38. The zero-order valence-electron chi connectivity index (χ0n) is 10.8. The van der Waals surface area contributed by atoms with Crippen LogP contribution in [0.2, 0.25) is 5.28 Å². The van der Waals surface area contributed by atoms with Crippen LogP contribution in [0.5, 0.6) is 0 Å². The Balaban J connectivity index is 2.58. The number of nitrogens with zero attached hydrogens (tertiary/aromatic N) is 3. The molecule has 0 unspecified atom stereocenters. The SMILES string of the molecule is CCNc1nc(Cl)nc(NCCC(C)(C)C)n1. The highest BCUT2D eigenvalue weighted by atomic mass is 35.5. The number of hydrogen-bond acceptors (Lipinski definition) is 5. The average molecular weight is 258 g/mol. The van der Waals surface area contributed by atoms with Gasteiger partial charge in [0.15, 0.2) is 0 Å². The summed E-state index contributed by atoms with van der Waals surface area (Å²) in [5.74, 6) is 1.02. The van der Waals surface area contributed by atoms with Gasteiger partial charge in [-0.2, -0.15) is 15.0 Å². The topological polar surface area (TPSA) is 62.7 Å². The normalized spacial score (nSPS) is 11.4. The molecule has 96 valence electrons. The van der Waals surface area contributed by atoms with Gasteiger partial charge in [0, 0.05) is 13.1 Å². The first kappa shape index (κ1) is 14.0. The second kappa shape index (κ2) is 6.00. The number of nitrogens with one attached hydrogen (secondary N) is 2. The van der Waals surface area contributed by atoms with Crippen molar-refractivity contribution in [3.05, 3.63) is 5.28 Å². The van der Waals surface area contributed by atoms with Crippen molar-refractivity contribution in [1.82, 2.24) is 15.0 Å². The summed E-state index contributed by atoms with van der Waals surface area (Å²) in [4.78, 5) is 12.2. The molecule has 0 aromatic carbocycles. The van der Waals surface area contributed by atoms with Gasteiger partial charge in [-0.3, -0.25) is 0 Å². The van der Waals surface area contributed by atoms with Crippen molar-refractivity contribution in [1.29, 1.82) is 0 Å². The first-order valence-electron chi connectivity index (χ1n) is 5.80. The Labute approximate surface area is 107 Å². The zero-order valence-corrected chi connectivity index (χ0v) is 11.6. The summed E-state index contributed by atoms with van der Waals surface area (Å²) in [6.45, 7) is 10.1. The highest BCUT2D eigenvalue weighted by Gasteiger charge is 2.10. The maximum atomic E-state index is 5.81. The first-order chi connectivity index (χ1) is 7.90. The van der Waals surface area contributed by atoms with E-state index in [4.69, 9.17) is 11.6 Å². The molecule has 1 aromatic rings. The maximum Gasteiger partial charge on any atom is 0.228 e.